The second kappa shape index (κ2) is 6.98. The smallest absolute Gasteiger partial charge is 0.320 e. The van der Waals surface area contributed by atoms with Crippen LogP contribution in [0.5, 0.6) is 5.75 Å². The molecule has 19 heavy (non-hydrogen) atoms. The Morgan fingerprint density at radius 2 is 2.00 bits per heavy atom. The number of halogens is 2. The van der Waals surface area contributed by atoms with E-state index in [1.165, 1.54) is 6.07 Å². The number of nitrogens with one attached hydrogen (secondary N) is 1. The lowest BCUT2D eigenvalue weighted by molar-refractivity contribution is -0.140. The van der Waals surface area contributed by atoms with Crippen molar-refractivity contribution in [1.29, 1.82) is 0 Å². The van der Waals surface area contributed by atoms with Gasteiger partial charge in [0.15, 0.2) is 0 Å². The van der Waals surface area contributed by atoms with Gasteiger partial charge in [-0.05, 0) is 24.5 Å². The molecule has 0 aromatic heterocycles. The van der Waals surface area contributed by atoms with Crippen LogP contribution in [0.1, 0.15) is 25.8 Å². The Kier molecular flexibility index (Phi) is 5.91. The number of carboxylic acids is 1. The number of hydrogen-bond donors (Lipinski definition) is 3. The van der Waals surface area contributed by atoms with Gasteiger partial charge in [-0.1, -0.05) is 37.0 Å². The molecule has 0 aliphatic carbocycles. The number of phenols is 1. The fraction of sp³-hybridized carbons (Fsp3) is 0.462. The van der Waals surface area contributed by atoms with Gasteiger partial charge < -0.3 is 15.5 Å². The number of carbonyl (C=O) groups is 1. The van der Waals surface area contributed by atoms with Crippen LogP contribution in [-0.2, 0) is 11.3 Å². The summed E-state index contributed by atoms with van der Waals surface area (Å²) in [5.74, 6) is -0.737. The molecule has 0 amide bonds. The lowest BCUT2D eigenvalue weighted by atomic mass is 10.0. The third kappa shape index (κ3) is 4.90. The van der Waals surface area contributed by atoms with E-state index >= 15 is 0 Å². The van der Waals surface area contributed by atoms with Crippen molar-refractivity contribution >= 4 is 29.2 Å². The average Bonchev–Trinajstić information content (AvgIpc) is 2.29. The molecular formula is C13H17Cl2NO3. The molecule has 1 rings (SSSR count). The first-order valence-electron chi connectivity index (χ1n) is 5.94. The summed E-state index contributed by atoms with van der Waals surface area (Å²) in [5, 5.41) is 22.3. The standard InChI is InChI=1S/C13H17Cl2NO3/c1-7(2)3-11(13(18)19)16-6-8-4-9(14)5-10(15)12(8)17/h4-5,7,11,16-17H,3,6H2,1-2H3,(H,18,19). The highest BCUT2D eigenvalue weighted by Gasteiger charge is 2.19. The SMILES string of the molecule is CC(C)CC(NCc1cc(Cl)cc(Cl)c1O)C(=O)O. The quantitative estimate of drug-likeness (QED) is 0.754. The van der Waals surface area contributed by atoms with Gasteiger partial charge in [0.25, 0.3) is 0 Å². The number of rotatable bonds is 6. The lowest BCUT2D eigenvalue weighted by Gasteiger charge is -2.17. The Morgan fingerprint density at radius 1 is 1.37 bits per heavy atom. The third-order valence-electron chi connectivity index (χ3n) is 2.65. The van der Waals surface area contributed by atoms with E-state index in [1.54, 1.807) is 6.07 Å². The van der Waals surface area contributed by atoms with E-state index in [2.05, 4.69) is 5.32 Å². The minimum absolute atomic E-state index is 0.0766. The van der Waals surface area contributed by atoms with Crippen molar-refractivity contribution in [2.24, 2.45) is 5.92 Å². The summed E-state index contributed by atoms with van der Waals surface area (Å²) in [6, 6.07) is 2.33. The highest BCUT2D eigenvalue weighted by atomic mass is 35.5. The van der Waals surface area contributed by atoms with Crippen LogP contribution in [0.15, 0.2) is 12.1 Å². The molecule has 0 aliphatic heterocycles. The summed E-state index contributed by atoms with van der Waals surface area (Å²) in [5.41, 5.74) is 0.479. The van der Waals surface area contributed by atoms with Gasteiger partial charge in [-0.2, -0.15) is 0 Å². The molecule has 0 aliphatic rings. The number of carboxylic acid groups (broad SMARTS) is 1. The molecule has 1 unspecified atom stereocenters. The Labute approximate surface area is 122 Å². The molecule has 1 aromatic rings. The molecule has 0 radical (unpaired) electrons. The van der Waals surface area contributed by atoms with Crippen LogP contribution >= 0.6 is 23.2 Å². The third-order valence-corrected chi connectivity index (χ3v) is 3.16. The van der Waals surface area contributed by atoms with Gasteiger partial charge in [0.1, 0.15) is 11.8 Å². The zero-order valence-corrected chi connectivity index (χ0v) is 12.3. The Balaban J connectivity index is 2.77. The van der Waals surface area contributed by atoms with E-state index in [9.17, 15) is 9.90 Å². The first-order chi connectivity index (χ1) is 8.81. The fourth-order valence-electron chi connectivity index (χ4n) is 1.73. The first-order valence-corrected chi connectivity index (χ1v) is 6.70. The number of aromatic hydroxyl groups is 1. The van der Waals surface area contributed by atoms with Gasteiger partial charge in [-0.15, -0.1) is 0 Å². The summed E-state index contributed by atoms with van der Waals surface area (Å²) < 4.78 is 0. The van der Waals surface area contributed by atoms with Crippen LogP contribution in [-0.4, -0.2) is 22.2 Å². The normalized spacial score (nSPS) is 12.7. The molecule has 4 nitrogen and oxygen atoms in total. The highest BCUT2D eigenvalue weighted by Crippen LogP contribution is 2.31. The van der Waals surface area contributed by atoms with E-state index < -0.39 is 12.0 Å². The first kappa shape index (κ1) is 16.1. The van der Waals surface area contributed by atoms with E-state index in [0.717, 1.165) is 0 Å². The van der Waals surface area contributed by atoms with E-state index in [4.69, 9.17) is 28.3 Å². The number of aliphatic carboxylic acids is 1. The molecule has 0 bridgehead atoms. The minimum atomic E-state index is -0.915. The topological polar surface area (TPSA) is 69.6 Å². The lowest BCUT2D eigenvalue weighted by Crippen LogP contribution is -2.37. The Morgan fingerprint density at radius 3 is 2.53 bits per heavy atom. The maximum Gasteiger partial charge on any atom is 0.320 e. The van der Waals surface area contributed by atoms with Crippen molar-refractivity contribution in [3.63, 3.8) is 0 Å². The Bertz CT molecular complexity index is 463. The molecule has 106 valence electrons. The minimum Gasteiger partial charge on any atom is -0.506 e. The molecule has 0 saturated carbocycles. The van der Waals surface area contributed by atoms with Gasteiger partial charge in [-0.3, -0.25) is 4.79 Å². The predicted molar refractivity (Wildman–Crippen MR) is 75.8 cm³/mol. The molecule has 0 heterocycles. The maximum atomic E-state index is 11.1. The van der Waals surface area contributed by atoms with Gasteiger partial charge in [0.05, 0.1) is 5.02 Å². The molecule has 0 saturated heterocycles. The van der Waals surface area contributed by atoms with E-state index in [1.807, 2.05) is 13.8 Å². The predicted octanol–water partition coefficient (Wildman–Crippen LogP) is 3.29. The van der Waals surface area contributed by atoms with Crippen molar-refractivity contribution in [2.75, 3.05) is 0 Å². The largest absolute Gasteiger partial charge is 0.506 e. The van der Waals surface area contributed by atoms with Gasteiger partial charge >= 0.3 is 5.97 Å². The van der Waals surface area contributed by atoms with Gasteiger partial charge in [-0.25, -0.2) is 0 Å². The van der Waals surface area contributed by atoms with Crippen LogP contribution in [0, 0.1) is 5.92 Å². The molecule has 1 aromatic carbocycles. The van der Waals surface area contributed by atoms with Crippen LogP contribution in [0.4, 0.5) is 0 Å². The second-order valence-electron chi connectivity index (χ2n) is 4.80. The zero-order valence-electron chi connectivity index (χ0n) is 10.8. The number of benzene rings is 1. The van der Waals surface area contributed by atoms with Gasteiger partial charge in [0.2, 0.25) is 0 Å². The highest BCUT2D eigenvalue weighted by molar-refractivity contribution is 6.35. The number of phenolic OH excluding ortho intramolecular Hbond substituents is 1. The average molecular weight is 306 g/mol. The monoisotopic (exact) mass is 305 g/mol. The molecule has 6 heteroatoms. The van der Waals surface area contributed by atoms with E-state index in [-0.39, 0.29) is 23.2 Å². The van der Waals surface area contributed by atoms with Crippen molar-refractivity contribution in [3.05, 3.63) is 27.7 Å². The summed E-state index contributed by atoms with van der Waals surface area (Å²) in [6.07, 6.45) is 0.504. The zero-order chi connectivity index (χ0) is 14.6. The molecule has 1 atom stereocenters. The number of hydrogen-bond acceptors (Lipinski definition) is 3. The molecule has 0 fully saturated rings. The van der Waals surface area contributed by atoms with E-state index in [0.29, 0.717) is 17.0 Å². The van der Waals surface area contributed by atoms with Crippen molar-refractivity contribution in [1.82, 2.24) is 5.32 Å². The van der Waals surface area contributed by atoms with Crippen molar-refractivity contribution in [2.45, 2.75) is 32.9 Å². The van der Waals surface area contributed by atoms with Crippen molar-refractivity contribution in [3.8, 4) is 5.75 Å². The second-order valence-corrected chi connectivity index (χ2v) is 5.64. The summed E-state index contributed by atoms with van der Waals surface area (Å²) in [6.45, 7) is 4.09. The maximum absolute atomic E-state index is 11.1. The van der Waals surface area contributed by atoms with Crippen molar-refractivity contribution < 1.29 is 15.0 Å². The molecular weight excluding hydrogens is 289 g/mol. The van der Waals surface area contributed by atoms with Crippen LogP contribution in [0.25, 0.3) is 0 Å². The van der Waals surface area contributed by atoms with Crippen LogP contribution < -0.4 is 5.32 Å². The van der Waals surface area contributed by atoms with Crippen LogP contribution in [0.2, 0.25) is 10.0 Å². The summed E-state index contributed by atoms with van der Waals surface area (Å²) in [7, 11) is 0. The Hall–Kier alpha value is -0.970. The molecule has 0 spiro atoms. The molecule has 3 N–H and O–H groups in total. The van der Waals surface area contributed by atoms with Crippen LogP contribution in [0.3, 0.4) is 0 Å². The summed E-state index contributed by atoms with van der Waals surface area (Å²) in [4.78, 5) is 11.1. The fourth-order valence-corrected chi connectivity index (χ4v) is 2.27. The summed E-state index contributed by atoms with van der Waals surface area (Å²) >= 11 is 11.6. The van der Waals surface area contributed by atoms with Gasteiger partial charge in [0, 0.05) is 17.1 Å².